The first kappa shape index (κ1) is 15.4. The number of nitrogens with one attached hydrogen (secondary N) is 1. The maximum Gasteiger partial charge on any atom is 0.324 e. The van der Waals surface area contributed by atoms with Crippen LogP contribution in [0.4, 0.5) is 13.6 Å². The van der Waals surface area contributed by atoms with Gasteiger partial charge in [0.2, 0.25) is 5.91 Å². The van der Waals surface area contributed by atoms with Crippen LogP contribution in [-0.2, 0) is 4.79 Å². The molecule has 1 N–H and O–H groups in total. The quantitative estimate of drug-likeness (QED) is 0.916. The van der Waals surface area contributed by atoms with Gasteiger partial charge >= 0.3 is 6.03 Å². The number of rotatable bonds is 4. The second-order valence-corrected chi connectivity index (χ2v) is 5.04. The lowest BCUT2D eigenvalue weighted by Crippen LogP contribution is -2.41. The van der Waals surface area contributed by atoms with Crippen molar-refractivity contribution in [3.8, 4) is 0 Å². The number of likely N-dealkylation sites (N-methyl/N-ethyl adjacent to an activating group) is 1. The average molecular weight is 297 g/mol. The molecule has 1 atom stereocenters. The van der Waals surface area contributed by atoms with Crippen molar-refractivity contribution in [3.63, 3.8) is 0 Å². The first-order chi connectivity index (χ1) is 9.90. The molecule has 1 aliphatic heterocycles. The number of carbonyl (C=O) groups excluding carboxylic acids is 2. The number of nitrogens with zero attached hydrogens (tertiary/aromatic N) is 2. The molecule has 0 unspecified atom stereocenters. The van der Waals surface area contributed by atoms with Crippen LogP contribution in [0.1, 0.15) is 18.5 Å². The van der Waals surface area contributed by atoms with E-state index in [-0.39, 0.29) is 18.5 Å². The summed E-state index contributed by atoms with van der Waals surface area (Å²) in [7, 11) is 1.69. The summed E-state index contributed by atoms with van der Waals surface area (Å²) in [5, 5.41) is 2.55. The van der Waals surface area contributed by atoms with Crippen LogP contribution in [0, 0.1) is 11.6 Å². The second kappa shape index (κ2) is 6.17. The van der Waals surface area contributed by atoms with E-state index in [0.29, 0.717) is 18.7 Å². The van der Waals surface area contributed by atoms with Crippen LogP contribution in [-0.4, -0.2) is 48.4 Å². The van der Waals surface area contributed by atoms with Gasteiger partial charge in [-0.15, -0.1) is 0 Å². The predicted octanol–water partition coefficient (Wildman–Crippen LogP) is 1.51. The summed E-state index contributed by atoms with van der Waals surface area (Å²) in [6, 6.07) is 2.98. The highest BCUT2D eigenvalue weighted by Gasteiger charge is 2.27. The maximum absolute atomic E-state index is 13.2. The van der Waals surface area contributed by atoms with Gasteiger partial charge in [0.25, 0.3) is 0 Å². The van der Waals surface area contributed by atoms with Crippen molar-refractivity contribution in [3.05, 3.63) is 35.4 Å². The highest BCUT2D eigenvalue weighted by Crippen LogP contribution is 2.20. The minimum Gasteiger partial charge on any atom is -0.336 e. The molecule has 7 heteroatoms. The van der Waals surface area contributed by atoms with Crippen molar-refractivity contribution in [2.75, 3.05) is 26.7 Å². The van der Waals surface area contributed by atoms with Gasteiger partial charge in [-0.25, -0.2) is 13.6 Å². The third kappa shape index (κ3) is 3.36. The number of amides is 3. The van der Waals surface area contributed by atoms with Gasteiger partial charge in [0.05, 0.1) is 6.54 Å². The minimum absolute atomic E-state index is 0.0214. The Morgan fingerprint density at radius 1 is 1.43 bits per heavy atom. The van der Waals surface area contributed by atoms with Crippen LogP contribution < -0.4 is 5.32 Å². The first-order valence-electron chi connectivity index (χ1n) is 6.63. The van der Waals surface area contributed by atoms with Gasteiger partial charge in [0.15, 0.2) is 11.6 Å². The summed E-state index contributed by atoms with van der Waals surface area (Å²) in [6.45, 7) is 2.61. The molecular weight excluding hydrogens is 280 g/mol. The van der Waals surface area contributed by atoms with Crippen LogP contribution in [0.5, 0.6) is 0 Å². The molecule has 0 aromatic heterocycles. The third-order valence-electron chi connectivity index (χ3n) is 3.63. The normalized spacial score (nSPS) is 16.2. The van der Waals surface area contributed by atoms with E-state index in [1.54, 1.807) is 18.9 Å². The van der Waals surface area contributed by atoms with Crippen LogP contribution in [0.2, 0.25) is 0 Å². The predicted molar refractivity (Wildman–Crippen MR) is 72.5 cm³/mol. The SMILES string of the molecule is C[C@@H](c1ccc(F)c(F)c1)N(C)CC(=O)N1CCNC1=O. The molecule has 0 radical (unpaired) electrons. The van der Waals surface area contributed by atoms with Gasteiger partial charge in [-0.1, -0.05) is 6.07 Å². The number of hydrogen-bond acceptors (Lipinski definition) is 3. The molecule has 5 nitrogen and oxygen atoms in total. The number of urea groups is 1. The molecule has 1 aromatic rings. The molecule has 3 amide bonds. The number of halogens is 2. The van der Waals surface area contributed by atoms with Crippen molar-refractivity contribution >= 4 is 11.9 Å². The summed E-state index contributed by atoms with van der Waals surface area (Å²) in [6.07, 6.45) is 0. The van der Waals surface area contributed by atoms with E-state index in [4.69, 9.17) is 0 Å². The van der Waals surface area contributed by atoms with Crippen molar-refractivity contribution in [2.24, 2.45) is 0 Å². The third-order valence-corrected chi connectivity index (χ3v) is 3.63. The van der Waals surface area contributed by atoms with Gasteiger partial charge in [0.1, 0.15) is 0 Å². The van der Waals surface area contributed by atoms with E-state index < -0.39 is 17.7 Å². The van der Waals surface area contributed by atoms with E-state index in [1.807, 2.05) is 0 Å². The maximum atomic E-state index is 13.2. The molecule has 1 aromatic carbocycles. The fraction of sp³-hybridized carbons (Fsp3) is 0.429. The fourth-order valence-electron chi connectivity index (χ4n) is 2.17. The highest BCUT2D eigenvalue weighted by atomic mass is 19.2. The number of imide groups is 1. The standard InChI is InChI=1S/C14H17F2N3O2/c1-9(10-3-4-11(15)12(16)7-10)18(2)8-13(20)19-6-5-17-14(19)21/h3-4,7,9H,5-6,8H2,1-2H3,(H,17,21)/t9-/m0/s1. The minimum atomic E-state index is -0.919. The average Bonchev–Trinajstić information content (AvgIpc) is 2.87. The molecule has 0 bridgehead atoms. The fourth-order valence-corrected chi connectivity index (χ4v) is 2.17. The Kier molecular flexibility index (Phi) is 4.52. The molecule has 2 rings (SSSR count). The molecule has 0 aliphatic carbocycles. The molecule has 21 heavy (non-hydrogen) atoms. The van der Waals surface area contributed by atoms with E-state index in [0.717, 1.165) is 17.0 Å². The summed E-state index contributed by atoms with van der Waals surface area (Å²) in [4.78, 5) is 26.2. The molecule has 114 valence electrons. The molecule has 0 spiro atoms. The molecule has 1 saturated heterocycles. The Hall–Kier alpha value is -2.02. The molecule has 1 aliphatic rings. The Labute approximate surface area is 121 Å². The highest BCUT2D eigenvalue weighted by molar-refractivity contribution is 5.96. The number of carbonyl (C=O) groups is 2. The van der Waals surface area contributed by atoms with Gasteiger partial charge in [-0.3, -0.25) is 14.6 Å². The van der Waals surface area contributed by atoms with E-state index in [1.165, 1.54) is 6.07 Å². The Bertz CT molecular complexity index is 565. The van der Waals surface area contributed by atoms with Crippen molar-refractivity contribution in [2.45, 2.75) is 13.0 Å². The van der Waals surface area contributed by atoms with Crippen LogP contribution in [0.25, 0.3) is 0 Å². The van der Waals surface area contributed by atoms with Crippen LogP contribution in [0.3, 0.4) is 0 Å². The first-order valence-corrected chi connectivity index (χ1v) is 6.63. The molecule has 1 heterocycles. The topological polar surface area (TPSA) is 52.7 Å². The van der Waals surface area contributed by atoms with E-state index >= 15 is 0 Å². The van der Waals surface area contributed by atoms with Gasteiger partial charge in [-0.05, 0) is 31.7 Å². The van der Waals surface area contributed by atoms with E-state index in [9.17, 15) is 18.4 Å². The summed E-state index contributed by atoms with van der Waals surface area (Å²) < 4.78 is 26.2. The van der Waals surface area contributed by atoms with Gasteiger partial charge in [0, 0.05) is 19.1 Å². The summed E-state index contributed by atoms with van der Waals surface area (Å²) in [5.41, 5.74) is 0.565. The van der Waals surface area contributed by atoms with Crippen molar-refractivity contribution in [1.82, 2.24) is 15.1 Å². The van der Waals surface area contributed by atoms with Crippen molar-refractivity contribution in [1.29, 1.82) is 0 Å². The summed E-state index contributed by atoms with van der Waals surface area (Å²) in [5.74, 6) is -2.14. The number of hydrogen-bond donors (Lipinski definition) is 1. The lowest BCUT2D eigenvalue weighted by atomic mass is 10.1. The van der Waals surface area contributed by atoms with Gasteiger partial charge < -0.3 is 5.32 Å². The lowest BCUT2D eigenvalue weighted by molar-refractivity contribution is -0.128. The smallest absolute Gasteiger partial charge is 0.324 e. The molecule has 0 saturated carbocycles. The van der Waals surface area contributed by atoms with E-state index in [2.05, 4.69) is 5.32 Å². The zero-order valence-electron chi connectivity index (χ0n) is 11.9. The monoisotopic (exact) mass is 297 g/mol. The second-order valence-electron chi connectivity index (χ2n) is 5.04. The Morgan fingerprint density at radius 2 is 2.14 bits per heavy atom. The largest absolute Gasteiger partial charge is 0.336 e. The van der Waals surface area contributed by atoms with Crippen LogP contribution in [0.15, 0.2) is 18.2 Å². The van der Waals surface area contributed by atoms with Crippen molar-refractivity contribution < 1.29 is 18.4 Å². The lowest BCUT2D eigenvalue weighted by Gasteiger charge is -2.26. The Morgan fingerprint density at radius 3 is 2.71 bits per heavy atom. The molecule has 1 fully saturated rings. The summed E-state index contributed by atoms with van der Waals surface area (Å²) >= 11 is 0. The zero-order valence-corrected chi connectivity index (χ0v) is 11.9. The zero-order chi connectivity index (χ0) is 15.6. The Balaban J connectivity index is 2.01. The molecular formula is C14H17F2N3O2. The number of benzene rings is 1. The van der Waals surface area contributed by atoms with Gasteiger partial charge in [-0.2, -0.15) is 0 Å². The van der Waals surface area contributed by atoms with Crippen LogP contribution >= 0.6 is 0 Å².